The van der Waals surface area contributed by atoms with Crippen molar-refractivity contribution in [1.82, 2.24) is 25.0 Å². The lowest BCUT2D eigenvalue weighted by atomic mass is 9.98. The fourth-order valence-electron chi connectivity index (χ4n) is 4.19. The van der Waals surface area contributed by atoms with Crippen molar-refractivity contribution >= 4 is 33.1 Å². The van der Waals surface area contributed by atoms with Crippen LogP contribution in [-0.2, 0) is 13.0 Å². The van der Waals surface area contributed by atoms with Gasteiger partial charge in [-0.2, -0.15) is 9.50 Å². The van der Waals surface area contributed by atoms with Gasteiger partial charge in [0.15, 0.2) is 0 Å². The van der Waals surface area contributed by atoms with Crippen molar-refractivity contribution in [3.8, 4) is 0 Å². The van der Waals surface area contributed by atoms with E-state index < -0.39 is 0 Å². The molecule has 1 atom stereocenters. The number of piperidine rings is 1. The van der Waals surface area contributed by atoms with Crippen LogP contribution in [0.4, 0.5) is 5.82 Å². The second-order valence-corrected chi connectivity index (χ2v) is 8.54. The van der Waals surface area contributed by atoms with Gasteiger partial charge in [-0.25, -0.2) is 0 Å². The van der Waals surface area contributed by atoms with Gasteiger partial charge in [0, 0.05) is 19.5 Å². The van der Waals surface area contributed by atoms with Gasteiger partial charge in [0.2, 0.25) is 0 Å². The van der Waals surface area contributed by atoms with Crippen molar-refractivity contribution in [2.75, 3.05) is 31.1 Å². The van der Waals surface area contributed by atoms with Crippen molar-refractivity contribution in [3.63, 3.8) is 0 Å². The van der Waals surface area contributed by atoms with Crippen LogP contribution in [0.25, 0.3) is 16.0 Å². The van der Waals surface area contributed by atoms with Crippen molar-refractivity contribution < 1.29 is 4.90 Å². The average Bonchev–Trinajstić information content (AvgIpc) is 3.25. The molecule has 132 valence electrons. The smallest absolute Gasteiger partial charge is 0.276 e. The normalized spacial score (nSPS) is 22.0. The van der Waals surface area contributed by atoms with Gasteiger partial charge in [-0.05, 0) is 41.7 Å². The third-order valence-corrected chi connectivity index (χ3v) is 7.08. The standard InChI is InChI=1S/C17H23N7S/c1-3-22-7-6-12-13(10-22)25-16-14(12)15(18-17-19-20-21-24(16)17)23-8-4-11(2)5-9-23/h11H,3-10H2,1-2H3/p+1. The molecule has 3 aromatic rings. The first-order valence-corrected chi connectivity index (χ1v) is 10.2. The Morgan fingerprint density at radius 1 is 1.28 bits per heavy atom. The summed E-state index contributed by atoms with van der Waals surface area (Å²) in [5.41, 5.74) is 1.50. The van der Waals surface area contributed by atoms with Gasteiger partial charge in [-0.3, -0.25) is 0 Å². The lowest BCUT2D eigenvalue weighted by Crippen LogP contribution is -3.11. The van der Waals surface area contributed by atoms with Crippen LogP contribution >= 0.6 is 11.3 Å². The van der Waals surface area contributed by atoms with Crippen LogP contribution < -0.4 is 9.80 Å². The summed E-state index contributed by atoms with van der Waals surface area (Å²) in [6.07, 6.45) is 3.60. The van der Waals surface area contributed by atoms with Gasteiger partial charge in [-0.15, -0.1) is 11.3 Å². The number of nitrogens with one attached hydrogen (secondary N) is 1. The molecule has 7 nitrogen and oxygen atoms in total. The molecule has 1 unspecified atom stereocenters. The van der Waals surface area contributed by atoms with Crippen LogP contribution in [0.1, 0.15) is 37.1 Å². The maximum Gasteiger partial charge on any atom is 0.276 e. The molecule has 8 heteroatoms. The molecular weight excluding hydrogens is 334 g/mol. The SMILES string of the molecule is CC[NH+]1CCc2c(sc3c2c(N2CCC(C)CC2)nc2nnnn23)C1. The molecule has 0 aliphatic carbocycles. The summed E-state index contributed by atoms with van der Waals surface area (Å²) in [5, 5.41) is 13.5. The van der Waals surface area contributed by atoms with E-state index in [9.17, 15) is 0 Å². The summed E-state index contributed by atoms with van der Waals surface area (Å²) in [4.78, 5) is 11.7. The number of anilines is 1. The largest absolute Gasteiger partial charge is 0.356 e. The number of hydrogen-bond acceptors (Lipinski definition) is 6. The quantitative estimate of drug-likeness (QED) is 0.738. The highest BCUT2D eigenvalue weighted by atomic mass is 32.1. The van der Waals surface area contributed by atoms with Crippen LogP contribution in [-0.4, -0.2) is 51.2 Å². The molecule has 1 N–H and O–H groups in total. The number of aromatic nitrogens is 5. The third-order valence-electron chi connectivity index (χ3n) is 5.87. The van der Waals surface area contributed by atoms with E-state index in [1.165, 1.54) is 46.6 Å². The number of rotatable bonds is 2. The van der Waals surface area contributed by atoms with Gasteiger partial charge in [0.25, 0.3) is 5.78 Å². The molecule has 0 saturated carbocycles. The Morgan fingerprint density at radius 2 is 2.12 bits per heavy atom. The van der Waals surface area contributed by atoms with Crippen molar-refractivity contribution in [2.45, 2.75) is 39.7 Å². The molecule has 0 radical (unpaired) electrons. The van der Waals surface area contributed by atoms with Gasteiger partial charge < -0.3 is 9.80 Å². The number of thiophene rings is 1. The van der Waals surface area contributed by atoms with Crippen molar-refractivity contribution in [2.24, 2.45) is 5.92 Å². The summed E-state index contributed by atoms with van der Waals surface area (Å²) in [6.45, 7) is 10.3. The molecule has 0 amide bonds. The highest BCUT2D eigenvalue weighted by Crippen LogP contribution is 2.38. The van der Waals surface area contributed by atoms with Gasteiger partial charge in [-0.1, -0.05) is 12.0 Å². The fraction of sp³-hybridized carbons (Fsp3) is 0.647. The Labute approximate surface area is 150 Å². The monoisotopic (exact) mass is 358 g/mol. The fourth-order valence-corrected chi connectivity index (χ4v) is 5.55. The van der Waals surface area contributed by atoms with E-state index in [2.05, 4.69) is 34.3 Å². The zero-order valence-electron chi connectivity index (χ0n) is 14.8. The van der Waals surface area contributed by atoms with Gasteiger partial charge in [0.1, 0.15) is 17.2 Å². The Morgan fingerprint density at radius 3 is 2.92 bits per heavy atom. The number of fused-ring (bicyclic) bond motifs is 5. The van der Waals surface area contributed by atoms with Gasteiger partial charge in [0.05, 0.1) is 23.4 Å². The lowest BCUT2D eigenvalue weighted by molar-refractivity contribution is -0.913. The minimum Gasteiger partial charge on any atom is -0.356 e. The lowest BCUT2D eigenvalue weighted by Gasteiger charge is -2.32. The van der Waals surface area contributed by atoms with E-state index >= 15 is 0 Å². The summed E-state index contributed by atoms with van der Waals surface area (Å²) in [5.74, 6) is 2.55. The summed E-state index contributed by atoms with van der Waals surface area (Å²) < 4.78 is 1.83. The second kappa shape index (κ2) is 5.88. The molecule has 3 aromatic heterocycles. The maximum absolute atomic E-state index is 4.88. The van der Waals surface area contributed by atoms with E-state index in [1.54, 1.807) is 4.90 Å². The first kappa shape index (κ1) is 15.5. The van der Waals surface area contributed by atoms with E-state index in [-0.39, 0.29) is 0 Å². The Hall–Kier alpha value is -1.80. The predicted molar refractivity (Wildman–Crippen MR) is 98.3 cm³/mol. The molecule has 5 heterocycles. The molecule has 2 aliphatic heterocycles. The van der Waals surface area contributed by atoms with E-state index in [4.69, 9.17) is 4.98 Å². The van der Waals surface area contributed by atoms with Crippen molar-refractivity contribution in [1.29, 1.82) is 0 Å². The third kappa shape index (κ3) is 2.42. The molecule has 0 aromatic carbocycles. The molecule has 0 bridgehead atoms. The Balaban J connectivity index is 1.71. The number of hydrogen-bond donors (Lipinski definition) is 1. The van der Waals surface area contributed by atoms with E-state index in [1.807, 2.05) is 15.9 Å². The molecule has 1 saturated heterocycles. The predicted octanol–water partition coefficient (Wildman–Crippen LogP) is 0.931. The minimum absolute atomic E-state index is 0.624. The topological polar surface area (TPSA) is 63.7 Å². The van der Waals surface area contributed by atoms with Crippen molar-refractivity contribution in [3.05, 3.63) is 10.4 Å². The molecule has 2 aliphatic rings. The summed E-state index contributed by atoms with van der Waals surface area (Å²) >= 11 is 1.86. The van der Waals surface area contributed by atoms with Crippen LogP contribution in [0.15, 0.2) is 0 Å². The van der Waals surface area contributed by atoms with Crippen LogP contribution in [0, 0.1) is 5.92 Å². The first-order valence-electron chi connectivity index (χ1n) is 9.35. The number of tetrazole rings is 1. The average molecular weight is 358 g/mol. The highest BCUT2D eigenvalue weighted by molar-refractivity contribution is 7.19. The first-order chi connectivity index (χ1) is 12.2. The highest BCUT2D eigenvalue weighted by Gasteiger charge is 2.29. The molecule has 0 spiro atoms. The minimum atomic E-state index is 0.624. The van der Waals surface area contributed by atoms with Crippen LogP contribution in [0.3, 0.4) is 0 Å². The molecular formula is C17H24N7S+. The summed E-state index contributed by atoms with van der Waals surface area (Å²) in [7, 11) is 0. The van der Waals surface area contributed by atoms with Gasteiger partial charge >= 0.3 is 0 Å². The zero-order chi connectivity index (χ0) is 17.0. The van der Waals surface area contributed by atoms with Crippen LogP contribution in [0.5, 0.6) is 0 Å². The Kier molecular flexibility index (Phi) is 3.63. The number of nitrogens with zero attached hydrogens (tertiary/aromatic N) is 6. The maximum atomic E-state index is 4.88. The summed E-state index contributed by atoms with van der Waals surface area (Å²) in [6, 6.07) is 0. The number of likely N-dealkylation sites (N-methyl/N-ethyl adjacent to an activating group) is 1. The van der Waals surface area contributed by atoms with E-state index in [0.29, 0.717) is 5.78 Å². The van der Waals surface area contributed by atoms with E-state index in [0.717, 1.165) is 37.8 Å². The molecule has 1 fully saturated rings. The molecule has 25 heavy (non-hydrogen) atoms. The Bertz CT molecular complexity index is 922. The number of quaternary nitrogens is 1. The van der Waals surface area contributed by atoms with Crippen LogP contribution in [0.2, 0.25) is 0 Å². The molecule has 5 rings (SSSR count). The zero-order valence-corrected chi connectivity index (χ0v) is 15.6. The second-order valence-electron chi connectivity index (χ2n) is 7.46.